The van der Waals surface area contributed by atoms with Gasteiger partial charge in [-0.1, -0.05) is 24.3 Å². The molecule has 0 unspecified atom stereocenters. The summed E-state index contributed by atoms with van der Waals surface area (Å²) in [4.78, 5) is 18.9. The summed E-state index contributed by atoms with van der Waals surface area (Å²) in [5.74, 6) is -0.381. The zero-order chi connectivity index (χ0) is 24.2. The summed E-state index contributed by atoms with van der Waals surface area (Å²) in [6.07, 6.45) is 3.66. The first-order chi connectivity index (χ1) is 16.4. The molecule has 1 saturated heterocycles. The van der Waals surface area contributed by atoms with Gasteiger partial charge in [-0.2, -0.15) is 0 Å². The van der Waals surface area contributed by atoms with Gasteiger partial charge in [-0.25, -0.2) is 13.9 Å². The van der Waals surface area contributed by atoms with Gasteiger partial charge in [-0.15, -0.1) is 0 Å². The molecule has 2 heterocycles. The Morgan fingerprint density at radius 1 is 1.00 bits per heavy atom. The number of amides is 1. The van der Waals surface area contributed by atoms with Crippen LogP contribution in [0.15, 0.2) is 78.0 Å². The van der Waals surface area contributed by atoms with Gasteiger partial charge in [-0.3, -0.25) is 19.9 Å². The smallest absolute Gasteiger partial charge is 0.265 e. The number of pyridine rings is 1. The molecule has 1 amide bonds. The van der Waals surface area contributed by atoms with Crippen LogP contribution < -0.4 is 10.2 Å². The van der Waals surface area contributed by atoms with E-state index in [0.29, 0.717) is 25.4 Å². The van der Waals surface area contributed by atoms with E-state index in [1.54, 1.807) is 30.0 Å². The van der Waals surface area contributed by atoms with E-state index >= 15 is 0 Å². The van der Waals surface area contributed by atoms with Gasteiger partial charge in [0, 0.05) is 32.0 Å². The van der Waals surface area contributed by atoms with E-state index in [4.69, 9.17) is 4.74 Å². The summed E-state index contributed by atoms with van der Waals surface area (Å²) in [5, 5.41) is 9.36. The Hall–Kier alpha value is -3.27. The molecule has 1 aromatic heterocycles. The minimum Gasteiger partial charge on any atom is -0.497 e. The van der Waals surface area contributed by atoms with Crippen molar-refractivity contribution in [3.05, 3.63) is 78.6 Å². The maximum Gasteiger partial charge on any atom is 0.265 e. The van der Waals surface area contributed by atoms with Crippen LogP contribution in [0, 0.1) is 0 Å². The fraction of sp³-hybridized carbons (Fsp3) is 0.280. The van der Waals surface area contributed by atoms with Crippen molar-refractivity contribution in [2.24, 2.45) is 0 Å². The molecule has 0 spiro atoms. The number of aromatic nitrogens is 1. The van der Waals surface area contributed by atoms with E-state index in [2.05, 4.69) is 9.88 Å². The lowest BCUT2D eigenvalue weighted by atomic mass is 9.94. The Morgan fingerprint density at radius 3 is 2.15 bits per heavy atom. The minimum absolute atomic E-state index is 0.0250. The predicted octanol–water partition coefficient (Wildman–Crippen LogP) is 3.07. The lowest BCUT2D eigenvalue weighted by Crippen LogP contribution is -2.57. The molecule has 178 valence electrons. The lowest BCUT2D eigenvalue weighted by molar-refractivity contribution is -0.133. The quantitative estimate of drug-likeness (QED) is 0.394. The summed E-state index contributed by atoms with van der Waals surface area (Å²) >= 11 is 0. The predicted molar refractivity (Wildman–Crippen MR) is 127 cm³/mol. The number of nitrogens with zero attached hydrogens (tertiary/aromatic N) is 2. The Bertz CT molecular complexity index is 1220. The first-order valence-corrected chi connectivity index (χ1v) is 12.4. The maximum absolute atomic E-state index is 13.5. The Kier molecular flexibility index (Phi) is 6.97. The van der Waals surface area contributed by atoms with E-state index in [9.17, 15) is 18.4 Å². The van der Waals surface area contributed by atoms with Gasteiger partial charge in [0.1, 0.15) is 5.75 Å². The van der Waals surface area contributed by atoms with Crippen molar-refractivity contribution in [1.29, 1.82) is 0 Å². The van der Waals surface area contributed by atoms with Crippen LogP contribution in [-0.2, 0) is 21.2 Å². The molecule has 1 fully saturated rings. The number of sulfone groups is 1. The van der Waals surface area contributed by atoms with Crippen LogP contribution >= 0.6 is 0 Å². The number of nitrogens with one attached hydrogen (secondary N) is 1. The SMILES string of the molecule is COc1ccc(S(=O)(=O)C2(C(=O)NO)CCN(Cc3ccc(-c4ccncc4)cc3)CC2)cc1. The molecule has 1 aliphatic heterocycles. The maximum atomic E-state index is 13.5. The third kappa shape index (κ3) is 4.54. The fourth-order valence-corrected chi connectivity index (χ4v) is 6.33. The fourth-order valence-electron chi connectivity index (χ4n) is 4.38. The molecule has 2 aromatic carbocycles. The third-order valence-electron chi connectivity index (χ3n) is 6.44. The molecule has 4 rings (SSSR count). The summed E-state index contributed by atoms with van der Waals surface area (Å²) in [7, 11) is -2.56. The summed E-state index contributed by atoms with van der Waals surface area (Å²) in [6, 6.07) is 18.0. The van der Waals surface area contributed by atoms with Crippen LogP contribution in [0.5, 0.6) is 5.75 Å². The van der Waals surface area contributed by atoms with Crippen molar-refractivity contribution in [3.63, 3.8) is 0 Å². The van der Waals surface area contributed by atoms with Crippen LogP contribution in [0.3, 0.4) is 0 Å². The highest BCUT2D eigenvalue weighted by atomic mass is 32.2. The summed E-state index contributed by atoms with van der Waals surface area (Å²) < 4.78 is 30.4. The molecule has 2 N–H and O–H groups in total. The summed E-state index contributed by atoms with van der Waals surface area (Å²) in [5.41, 5.74) is 4.86. The van der Waals surface area contributed by atoms with Gasteiger partial charge in [-0.05, 0) is 65.9 Å². The highest BCUT2D eigenvalue weighted by Crippen LogP contribution is 2.37. The van der Waals surface area contributed by atoms with Crippen LogP contribution in [0.4, 0.5) is 0 Å². The van der Waals surface area contributed by atoms with Gasteiger partial charge < -0.3 is 4.74 Å². The number of ether oxygens (including phenoxy) is 1. The number of hydroxylamine groups is 1. The lowest BCUT2D eigenvalue weighted by Gasteiger charge is -2.39. The highest BCUT2D eigenvalue weighted by molar-refractivity contribution is 7.93. The first-order valence-electron chi connectivity index (χ1n) is 10.9. The van der Waals surface area contributed by atoms with Gasteiger partial charge in [0.2, 0.25) is 0 Å². The van der Waals surface area contributed by atoms with Gasteiger partial charge >= 0.3 is 0 Å². The van der Waals surface area contributed by atoms with Gasteiger partial charge in [0.15, 0.2) is 14.6 Å². The standard InChI is InChI=1S/C25H27N3O5S/c1-33-22-6-8-23(9-7-22)34(31,32)25(24(29)27-30)12-16-28(17-13-25)18-19-2-4-20(5-3-19)21-10-14-26-15-11-21/h2-11,14-15,30H,12-13,16-18H2,1H3,(H,27,29). The van der Waals surface area contributed by atoms with Gasteiger partial charge in [0.25, 0.3) is 5.91 Å². The van der Waals surface area contributed by atoms with Crippen molar-refractivity contribution < 1.29 is 23.2 Å². The number of hydrogen-bond acceptors (Lipinski definition) is 7. The van der Waals surface area contributed by atoms with Crippen LogP contribution in [0.25, 0.3) is 11.1 Å². The average molecular weight is 482 g/mol. The number of benzene rings is 2. The Morgan fingerprint density at radius 2 is 1.59 bits per heavy atom. The second kappa shape index (κ2) is 9.92. The van der Waals surface area contributed by atoms with Crippen LogP contribution in [-0.4, -0.2) is 54.4 Å². The number of carbonyl (C=O) groups excluding carboxylic acids is 1. The largest absolute Gasteiger partial charge is 0.497 e. The molecule has 0 bridgehead atoms. The average Bonchev–Trinajstić information content (AvgIpc) is 2.89. The highest BCUT2D eigenvalue weighted by Gasteiger charge is 2.52. The van der Waals surface area contributed by atoms with E-state index in [0.717, 1.165) is 16.7 Å². The molecular formula is C25H27N3O5S. The van der Waals surface area contributed by atoms with Gasteiger partial charge in [0.05, 0.1) is 12.0 Å². The molecule has 8 nitrogen and oxygen atoms in total. The first kappa shape index (κ1) is 23.9. The Labute approximate surface area is 199 Å². The zero-order valence-corrected chi connectivity index (χ0v) is 19.7. The summed E-state index contributed by atoms with van der Waals surface area (Å²) in [6.45, 7) is 1.43. The van der Waals surface area contributed by atoms with E-state index < -0.39 is 20.5 Å². The Balaban J connectivity index is 1.49. The van der Waals surface area contributed by atoms with Crippen molar-refractivity contribution in [3.8, 4) is 16.9 Å². The number of methoxy groups -OCH3 is 1. The van der Waals surface area contributed by atoms with Crippen LogP contribution in [0.2, 0.25) is 0 Å². The minimum atomic E-state index is -4.05. The van der Waals surface area contributed by atoms with Crippen molar-refractivity contribution >= 4 is 15.7 Å². The molecule has 0 atom stereocenters. The van der Waals surface area contributed by atoms with E-state index in [-0.39, 0.29) is 17.7 Å². The molecule has 9 heteroatoms. The zero-order valence-electron chi connectivity index (χ0n) is 18.8. The second-order valence-corrected chi connectivity index (χ2v) is 10.6. The molecular weight excluding hydrogens is 454 g/mol. The van der Waals surface area contributed by atoms with E-state index in [1.807, 2.05) is 36.4 Å². The molecule has 0 aliphatic carbocycles. The number of hydrogen-bond donors (Lipinski definition) is 2. The third-order valence-corrected chi connectivity index (χ3v) is 8.95. The molecule has 0 radical (unpaired) electrons. The van der Waals surface area contributed by atoms with Crippen molar-refractivity contribution in [2.45, 2.75) is 29.0 Å². The second-order valence-electron chi connectivity index (χ2n) is 8.32. The number of piperidine rings is 1. The normalized spacial score (nSPS) is 16.1. The molecule has 34 heavy (non-hydrogen) atoms. The van der Waals surface area contributed by atoms with Crippen LogP contribution in [0.1, 0.15) is 18.4 Å². The topological polar surface area (TPSA) is 109 Å². The monoisotopic (exact) mass is 481 g/mol. The molecule has 1 aliphatic rings. The molecule has 3 aromatic rings. The number of rotatable bonds is 7. The van der Waals surface area contributed by atoms with Crippen molar-refractivity contribution in [1.82, 2.24) is 15.4 Å². The molecule has 0 saturated carbocycles. The van der Waals surface area contributed by atoms with E-state index in [1.165, 1.54) is 19.2 Å². The number of carbonyl (C=O) groups is 1. The van der Waals surface area contributed by atoms with Crippen molar-refractivity contribution in [2.75, 3.05) is 20.2 Å². The number of likely N-dealkylation sites (tertiary alicyclic amines) is 1.